The van der Waals surface area contributed by atoms with Gasteiger partial charge in [-0.15, -0.1) is 0 Å². The highest BCUT2D eigenvalue weighted by Gasteiger charge is 2.29. The predicted octanol–water partition coefficient (Wildman–Crippen LogP) is 5.12. The van der Waals surface area contributed by atoms with Crippen LogP contribution in [-0.4, -0.2) is 18.1 Å². The van der Waals surface area contributed by atoms with Crippen molar-refractivity contribution >= 4 is 0 Å². The molecule has 3 rings (SSSR count). The SMILES string of the molecule is CCNCc1ccc(OCC(C)(C)c2nc(-c3ccccc3)oc2C)cc1. The maximum Gasteiger partial charge on any atom is 0.226 e. The fourth-order valence-corrected chi connectivity index (χ4v) is 3.03. The van der Waals surface area contributed by atoms with Crippen LogP contribution < -0.4 is 10.1 Å². The summed E-state index contributed by atoms with van der Waals surface area (Å²) in [5.74, 6) is 2.36. The normalized spacial score (nSPS) is 11.6. The molecule has 0 radical (unpaired) electrons. The first-order chi connectivity index (χ1) is 13.0. The summed E-state index contributed by atoms with van der Waals surface area (Å²) >= 11 is 0. The lowest BCUT2D eigenvalue weighted by Crippen LogP contribution is -2.27. The Morgan fingerprint density at radius 2 is 1.74 bits per heavy atom. The molecule has 0 bridgehead atoms. The van der Waals surface area contributed by atoms with E-state index < -0.39 is 0 Å². The van der Waals surface area contributed by atoms with Crippen LogP contribution in [-0.2, 0) is 12.0 Å². The van der Waals surface area contributed by atoms with Crippen LogP contribution in [0.2, 0.25) is 0 Å². The standard InChI is InChI=1S/C23H28N2O2/c1-5-24-15-18-11-13-20(14-12-18)26-16-23(3,4)21-17(2)27-22(25-21)19-9-7-6-8-10-19/h6-14,24H,5,15-16H2,1-4H3. The first kappa shape index (κ1) is 19.2. The van der Waals surface area contributed by atoms with Crippen molar-refractivity contribution in [1.82, 2.24) is 10.3 Å². The molecule has 4 heteroatoms. The Kier molecular flexibility index (Phi) is 5.97. The molecule has 27 heavy (non-hydrogen) atoms. The van der Waals surface area contributed by atoms with Gasteiger partial charge < -0.3 is 14.5 Å². The Morgan fingerprint density at radius 1 is 1.04 bits per heavy atom. The van der Waals surface area contributed by atoms with Gasteiger partial charge in [0.1, 0.15) is 11.5 Å². The second kappa shape index (κ2) is 8.40. The smallest absolute Gasteiger partial charge is 0.226 e. The largest absolute Gasteiger partial charge is 0.493 e. The summed E-state index contributed by atoms with van der Waals surface area (Å²) in [7, 11) is 0. The first-order valence-electron chi connectivity index (χ1n) is 9.45. The summed E-state index contributed by atoms with van der Waals surface area (Å²) in [5.41, 5.74) is 2.91. The number of aryl methyl sites for hydroxylation is 1. The number of benzene rings is 2. The maximum absolute atomic E-state index is 6.05. The average molecular weight is 364 g/mol. The first-order valence-corrected chi connectivity index (χ1v) is 9.45. The zero-order valence-corrected chi connectivity index (χ0v) is 16.6. The Hall–Kier alpha value is -2.59. The third-order valence-electron chi connectivity index (χ3n) is 4.56. The summed E-state index contributed by atoms with van der Waals surface area (Å²) in [6.07, 6.45) is 0. The summed E-state index contributed by atoms with van der Waals surface area (Å²) < 4.78 is 12.0. The van der Waals surface area contributed by atoms with E-state index in [1.54, 1.807) is 0 Å². The van der Waals surface area contributed by atoms with Crippen molar-refractivity contribution in [2.45, 2.75) is 39.7 Å². The van der Waals surface area contributed by atoms with E-state index in [-0.39, 0.29) is 5.41 Å². The van der Waals surface area contributed by atoms with Gasteiger partial charge in [-0.2, -0.15) is 0 Å². The molecule has 0 unspecified atom stereocenters. The second-order valence-electron chi connectivity index (χ2n) is 7.39. The molecule has 1 heterocycles. The summed E-state index contributed by atoms with van der Waals surface area (Å²) in [5, 5.41) is 3.32. The van der Waals surface area contributed by atoms with E-state index in [1.165, 1.54) is 5.56 Å². The van der Waals surface area contributed by atoms with E-state index in [1.807, 2.05) is 49.4 Å². The maximum atomic E-state index is 6.05. The van der Waals surface area contributed by atoms with E-state index in [4.69, 9.17) is 14.1 Å². The Balaban J connectivity index is 1.69. The molecule has 1 aromatic heterocycles. The van der Waals surface area contributed by atoms with Crippen molar-refractivity contribution in [2.24, 2.45) is 0 Å². The van der Waals surface area contributed by atoms with E-state index in [0.717, 1.165) is 35.9 Å². The van der Waals surface area contributed by atoms with Crippen molar-refractivity contribution in [3.63, 3.8) is 0 Å². The lowest BCUT2D eigenvalue weighted by molar-refractivity contribution is 0.236. The molecule has 0 atom stereocenters. The van der Waals surface area contributed by atoms with E-state index in [2.05, 4.69) is 38.2 Å². The third kappa shape index (κ3) is 4.77. The molecule has 0 aliphatic carbocycles. The summed E-state index contributed by atoms with van der Waals surface area (Å²) in [6, 6.07) is 18.2. The number of oxazole rings is 1. The molecule has 0 aliphatic rings. The van der Waals surface area contributed by atoms with Gasteiger partial charge in [-0.1, -0.05) is 51.1 Å². The highest BCUT2D eigenvalue weighted by Crippen LogP contribution is 2.30. The lowest BCUT2D eigenvalue weighted by atomic mass is 9.89. The number of rotatable bonds is 8. The quantitative estimate of drug-likeness (QED) is 0.603. The van der Waals surface area contributed by atoms with E-state index >= 15 is 0 Å². The van der Waals surface area contributed by atoms with Gasteiger partial charge in [-0.25, -0.2) is 4.98 Å². The Labute approximate surface area is 161 Å². The zero-order chi connectivity index (χ0) is 19.3. The van der Waals surface area contributed by atoms with Gasteiger partial charge in [0, 0.05) is 17.5 Å². The van der Waals surface area contributed by atoms with Crippen LogP contribution in [0.15, 0.2) is 59.0 Å². The molecule has 0 saturated heterocycles. The fraction of sp³-hybridized carbons (Fsp3) is 0.348. The molecule has 0 amide bonds. The van der Waals surface area contributed by atoms with Crippen LogP contribution in [0.1, 0.15) is 37.8 Å². The molecule has 142 valence electrons. The van der Waals surface area contributed by atoms with Gasteiger partial charge in [0.25, 0.3) is 0 Å². The molecule has 4 nitrogen and oxygen atoms in total. The second-order valence-corrected chi connectivity index (χ2v) is 7.39. The molecule has 0 saturated carbocycles. The van der Waals surface area contributed by atoms with Crippen LogP contribution in [0, 0.1) is 6.92 Å². The highest BCUT2D eigenvalue weighted by molar-refractivity contribution is 5.53. The van der Waals surface area contributed by atoms with Gasteiger partial charge >= 0.3 is 0 Å². The minimum Gasteiger partial charge on any atom is -0.493 e. The van der Waals surface area contributed by atoms with Gasteiger partial charge in [-0.05, 0) is 43.3 Å². The Bertz CT molecular complexity index is 852. The number of ether oxygens (including phenoxy) is 1. The number of nitrogens with zero attached hydrogens (tertiary/aromatic N) is 1. The topological polar surface area (TPSA) is 47.3 Å². The van der Waals surface area contributed by atoms with Crippen LogP contribution in [0.4, 0.5) is 0 Å². The van der Waals surface area contributed by atoms with Gasteiger partial charge in [0.15, 0.2) is 0 Å². The molecular formula is C23H28N2O2. The minimum absolute atomic E-state index is 0.261. The van der Waals surface area contributed by atoms with Crippen molar-refractivity contribution in [1.29, 1.82) is 0 Å². The van der Waals surface area contributed by atoms with Gasteiger partial charge in [-0.3, -0.25) is 0 Å². The molecular weight excluding hydrogens is 336 g/mol. The minimum atomic E-state index is -0.261. The van der Waals surface area contributed by atoms with Crippen molar-refractivity contribution in [2.75, 3.05) is 13.2 Å². The van der Waals surface area contributed by atoms with Gasteiger partial charge in [0.05, 0.1) is 12.3 Å². The predicted molar refractivity (Wildman–Crippen MR) is 109 cm³/mol. The average Bonchev–Trinajstić information content (AvgIpc) is 3.09. The number of hydrogen-bond donors (Lipinski definition) is 1. The molecule has 0 spiro atoms. The zero-order valence-electron chi connectivity index (χ0n) is 16.6. The van der Waals surface area contributed by atoms with Crippen LogP contribution in [0.25, 0.3) is 11.5 Å². The van der Waals surface area contributed by atoms with E-state index in [0.29, 0.717) is 12.5 Å². The fourth-order valence-electron chi connectivity index (χ4n) is 3.03. The Morgan fingerprint density at radius 3 is 2.41 bits per heavy atom. The van der Waals surface area contributed by atoms with Crippen molar-refractivity contribution in [3.8, 4) is 17.2 Å². The number of nitrogens with one attached hydrogen (secondary N) is 1. The van der Waals surface area contributed by atoms with Crippen molar-refractivity contribution in [3.05, 3.63) is 71.6 Å². The molecule has 3 aromatic rings. The van der Waals surface area contributed by atoms with Crippen molar-refractivity contribution < 1.29 is 9.15 Å². The molecule has 1 N–H and O–H groups in total. The van der Waals surface area contributed by atoms with E-state index in [9.17, 15) is 0 Å². The highest BCUT2D eigenvalue weighted by atomic mass is 16.5. The summed E-state index contributed by atoms with van der Waals surface area (Å²) in [6.45, 7) is 10.7. The summed E-state index contributed by atoms with van der Waals surface area (Å²) in [4.78, 5) is 4.76. The van der Waals surface area contributed by atoms with Crippen LogP contribution >= 0.6 is 0 Å². The molecule has 0 fully saturated rings. The third-order valence-corrected chi connectivity index (χ3v) is 4.56. The molecule has 0 aliphatic heterocycles. The van der Waals surface area contributed by atoms with Gasteiger partial charge in [0.2, 0.25) is 5.89 Å². The lowest BCUT2D eigenvalue weighted by Gasteiger charge is -2.23. The monoisotopic (exact) mass is 364 g/mol. The van der Waals surface area contributed by atoms with Crippen LogP contribution in [0.3, 0.4) is 0 Å². The molecule has 2 aromatic carbocycles. The van der Waals surface area contributed by atoms with Crippen LogP contribution in [0.5, 0.6) is 5.75 Å². The number of aromatic nitrogens is 1. The number of hydrogen-bond acceptors (Lipinski definition) is 4.